The molecular formula is C25H33N5O3. The number of likely N-dealkylation sites (tertiary alicyclic amines) is 2. The highest BCUT2D eigenvalue weighted by Crippen LogP contribution is 2.30. The van der Waals surface area contributed by atoms with Gasteiger partial charge in [0.15, 0.2) is 0 Å². The van der Waals surface area contributed by atoms with Crippen LogP contribution in [0.3, 0.4) is 0 Å². The SMILES string of the molecule is CC(C)(C)Cn1ccc(-c2ccc(C3CN(C(=O)N4CC[C@@H]5OCC(=O)NC5C4)C3)cc2)n1. The van der Waals surface area contributed by atoms with Crippen LogP contribution in [-0.4, -0.2) is 76.5 Å². The highest BCUT2D eigenvalue weighted by atomic mass is 16.5. The summed E-state index contributed by atoms with van der Waals surface area (Å²) in [7, 11) is 0. The first-order chi connectivity index (χ1) is 15.7. The smallest absolute Gasteiger partial charge is 0.320 e. The van der Waals surface area contributed by atoms with Crippen molar-refractivity contribution in [1.82, 2.24) is 24.9 Å². The molecule has 33 heavy (non-hydrogen) atoms. The number of piperidine rings is 1. The third kappa shape index (κ3) is 4.76. The molecule has 5 rings (SSSR count). The van der Waals surface area contributed by atoms with Crippen LogP contribution in [-0.2, 0) is 16.1 Å². The van der Waals surface area contributed by atoms with Crippen molar-refractivity contribution in [3.63, 3.8) is 0 Å². The summed E-state index contributed by atoms with van der Waals surface area (Å²) in [5.74, 6) is 0.260. The van der Waals surface area contributed by atoms with E-state index < -0.39 is 0 Å². The quantitative estimate of drug-likeness (QED) is 0.778. The summed E-state index contributed by atoms with van der Waals surface area (Å²) in [6.07, 6.45) is 2.83. The van der Waals surface area contributed by atoms with Crippen LogP contribution in [0.5, 0.6) is 0 Å². The van der Waals surface area contributed by atoms with Gasteiger partial charge in [-0.2, -0.15) is 5.10 Å². The summed E-state index contributed by atoms with van der Waals surface area (Å²) in [4.78, 5) is 28.3. The normalized spacial score (nSPS) is 23.7. The first kappa shape index (κ1) is 21.9. The molecule has 8 heteroatoms. The molecule has 3 aliphatic rings. The van der Waals surface area contributed by atoms with E-state index in [9.17, 15) is 9.59 Å². The van der Waals surface area contributed by atoms with Gasteiger partial charge in [-0.1, -0.05) is 45.0 Å². The first-order valence-electron chi connectivity index (χ1n) is 11.8. The number of morpholine rings is 1. The summed E-state index contributed by atoms with van der Waals surface area (Å²) in [6.45, 7) is 10.3. The van der Waals surface area contributed by atoms with Crippen LogP contribution in [0.4, 0.5) is 4.79 Å². The number of carbonyl (C=O) groups excluding carboxylic acids is 2. The van der Waals surface area contributed by atoms with Gasteiger partial charge in [0.05, 0.1) is 17.8 Å². The molecule has 0 aliphatic carbocycles. The van der Waals surface area contributed by atoms with Crippen molar-refractivity contribution in [1.29, 1.82) is 0 Å². The predicted octanol–water partition coefficient (Wildman–Crippen LogP) is 2.70. The predicted molar refractivity (Wildman–Crippen MR) is 125 cm³/mol. The second-order valence-corrected chi connectivity index (χ2v) is 10.7. The number of urea groups is 1. The van der Waals surface area contributed by atoms with E-state index in [0.29, 0.717) is 19.0 Å². The third-order valence-corrected chi connectivity index (χ3v) is 6.70. The van der Waals surface area contributed by atoms with E-state index in [4.69, 9.17) is 9.84 Å². The third-order valence-electron chi connectivity index (χ3n) is 6.70. The topological polar surface area (TPSA) is 79.7 Å². The van der Waals surface area contributed by atoms with E-state index in [0.717, 1.165) is 37.3 Å². The lowest BCUT2D eigenvalue weighted by molar-refractivity contribution is -0.139. The Labute approximate surface area is 194 Å². The molecule has 1 aromatic heterocycles. The van der Waals surface area contributed by atoms with Gasteiger partial charge >= 0.3 is 6.03 Å². The lowest BCUT2D eigenvalue weighted by atomic mass is 9.90. The molecule has 4 heterocycles. The molecule has 0 spiro atoms. The average molecular weight is 452 g/mol. The zero-order valence-electron chi connectivity index (χ0n) is 19.7. The standard InChI is InChI=1S/C25H33N5O3/c1-25(2,3)16-30-11-8-20(27-30)18-6-4-17(5-7-18)19-12-29(13-19)24(32)28-10-9-22-21(14-28)26-23(31)15-33-22/h4-8,11,19,21-22H,9-10,12-16H2,1-3H3,(H,26,31)/t21?,22-/m0/s1. The minimum absolute atomic E-state index is 0.0225. The maximum absolute atomic E-state index is 12.9. The number of nitrogens with one attached hydrogen (secondary N) is 1. The van der Waals surface area contributed by atoms with Gasteiger partial charge in [0.1, 0.15) is 6.61 Å². The molecule has 3 saturated heterocycles. The van der Waals surface area contributed by atoms with Gasteiger partial charge in [-0.3, -0.25) is 9.48 Å². The molecule has 8 nitrogen and oxygen atoms in total. The zero-order valence-corrected chi connectivity index (χ0v) is 19.7. The number of nitrogens with zero attached hydrogens (tertiary/aromatic N) is 4. The van der Waals surface area contributed by atoms with Gasteiger partial charge in [0.25, 0.3) is 0 Å². The minimum atomic E-state index is -0.0982. The Bertz CT molecular complexity index is 1020. The molecule has 1 unspecified atom stereocenters. The zero-order chi connectivity index (χ0) is 23.2. The molecule has 3 amide bonds. The van der Waals surface area contributed by atoms with Gasteiger partial charge in [-0.05, 0) is 23.5 Å². The van der Waals surface area contributed by atoms with Crippen LogP contribution >= 0.6 is 0 Å². The first-order valence-corrected chi connectivity index (χ1v) is 11.8. The van der Waals surface area contributed by atoms with Crippen molar-refractivity contribution in [2.75, 3.05) is 32.8 Å². The number of hydrogen-bond donors (Lipinski definition) is 1. The van der Waals surface area contributed by atoms with Crippen LogP contribution in [0.15, 0.2) is 36.5 Å². The Hall–Kier alpha value is -2.87. The number of ether oxygens (including phenoxy) is 1. The second-order valence-electron chi connectivity index (χ2n) is 10.7. The van der Waals surface area contributed by atoms with Crippen molar-refractivity contribution in [3.05, 3.63) is 42.1 Å². The highest BCUT2D eigenvalue weighted by Gasteiger charge is 2.40. The number of carbonyl (C=O) groups is 2. The minimum Gasteiger partial charge on any atom is -0.366 e. The molecule has 2 aromatic rings. The maximum atomic E-state index is 12.9. The molecule has 0 saturated carbocycles. The van der Waals surface area contributed by atoms with Gasteiger partial charge in [0, 0.05) is 50.4 Å². The Morgan fingerprint density at radius 3 is 2.61 bits per heavy atom. The number of aromatic nitrogens is 2. The Balaban J connectivity index is 1.15. The second kappa shape index (κ2) is 8.48. The number of rotatable bonds is 3. The summed E-state index contributed by atoms with van der Waals surface area (Å²) in [5, 5.41) is 7.68. The molecule has 1 aromatic carbocycles. The molecule has 2 atom stereocenters. The van der Waals surface area contributed by atoms with Crippen LogP contribution < -0.4 is 5.32 Å². The van der Waals surface area contributed by atoms with Crippen molar-refractivity contribution < 1.29 is 14.3 Å². The number of fused-ring (bicyclic) bond motifs is 1. The summed E-state index contributed by atoms with van der Waals surface area (Å²) < 4.78 is 7.60. The van der Waals surface area contributed by atoms with Crippen LogP contribution in [0, 0.1) is 5.41 Å². The fourth-order valence-corrected chi connectivity index (χ4v) is 4.93. The Morgan fingerprint density at radius 2 is 1.88 bits per heavy atom. The lowest BCUT2D eigenvalue weighted by Gasteiger charge is -2.46. The largest absolute Gasteiger partial charge is 0.366 e. The molecule has 0 bridgehead atoms. The van der Waals surface area contributed by atoms with Gasteiger partial charge < -0.3 is 19.9 Å². The molecular weight excluding hydrogens is 418 g/mol. The molecule has 0 radical (unpaired) electrons. The van der Waals surface area contributed by atoms with Crippen molar-refractivity contribution in [2.24, 2.45) is 5.41 Å². The van der Waals surface area contributed by atoms with Crippen molar-refractivity contribution in [3.8, 4) is 11.3 Å². The Morgan fingerprint density at radius 1 is 1.12 bits per heavy atom. The number of amides is 3. The summed E-state index contributed by atoms with van der Waals surface area (Å²) in [6, 6.07) is 10.6. The van der Waals surface area contributed by atoms with E-state index >= 15 is 0 Å². The van der Waals surface area contributed by atoms with Crippen LogP contribution in [0.1, 0.15) is 38.7 Å². The van der Waals surface area contributed by atoms with E-state index in [1.807, 2.05) is 20.7 Å². The lowest BCUT2D eigenvalue weighted by Crippen LogP contribution is -2.63. The Kier molecular flexibility index (Phi) is 5.64. The summed E-state index contributed by atoms with van der Waals surface area (Å²) in [5.41, 5.74) is 3.54. The van der Waals surface area contributed by atoms with E-state index in [2.05, 4.69) is 56.4 Å². The number of hydrogen-bond acceptors (Lipinski definition) is 4. The van der Waals surface area contributed by atoms with E-state index in [1.165, 1.54) is 5.56 Å². The summed E-state index contributed by atoms with van der Waals surface area (Å²) >= 11 is 0. The van der Waals surface area contributed by atoms with E-state index in [1.54, 1.807) is 0 Å². The fraction of sp³-hybridized carbons (Fsp3) is 0.560. The van der Waals surface area contributed by atoms with Crippen molar-refractivity contribution >= 4 is 11.9 Å². The molecule has 3 aliphatic heterocycles. The van der Waals surface area contributed by atoms with Crippen LogP contribution in [0.2, 0.25) is 0 Å². The molecule has 1 N–H and O–H groups in total. The van der Waals surface area contributed by atoms with Gasteiger partial charge in [-0.25, -0.2) is 4.79 Å². The fourth-order valence-electron chi connectivity index (χ4n) is 4.93. The maximum Gasteiger partial charge on any atom is 0.320 e. The highest BCUT2D eigenvalue weighted by molar-refractivity contribution is 5.79. The van der Waals surface area contributed by atoms with Gasteiger partial charge in [-0.15, -0.1) is 0 Å². The monoisotopic (exact) mass is 451 g/mol. The van der Waals surface area contributed by atoms with E-state index in [-0.39, 0.29) is 36.1 Å². The average Bonchev–Trinajstić information content (AvgIpc) is 3.19. The van der Waals surface area contributed by atoms with Crippen LogP contribution in [0.25, 0.3) is 11.3 Å². The van der Waals surface area contributed by atoms with Gasteiger partial charge in [0.2, 0.25) is 5.91 Å². The number of benzene rings is 1. The molecule has 3 fully saturated rings. The molecule has 176 valence electrons. The van der Waals surface area contributed by atoms with Crippen molar-refractivity contribution in [2.45, 2.75) is 51.8 Å².